The average Bonchev–Trinajstić information content (AvgIpc) is 3.10. The Bertz CT molecular complexity index is 867. The quantitative estimate of drug-likeness (QED) is 0.793. The summed E-state index contributed by atoms with van der Waals surface area (Å²) in [7, 11) is 0. The number of imide groups is 1. The largest absolute Gasteiger partial charge is 0.451 e. The van der Waals surface area contributed by atoms with Crippen molar-refractivity contribution in [3.63, 3.8) is 0 Å². The van der Waals surface area contributed by atoms with Crippen molar-refractivity contribution in [2.24, 2.45) is 0 Å². The van der Waals surface area contributed by atoms with Gasteiger partial charge in [-0.3, -0.25) is 19.1 Å². The second kappa shape index (κ2) is 6.19. The number of oxazole rings is 1. The predicted octanol–water partition coefficient (Wildman–Crippen LogP) is 0.0780. The van der Waals surface area contributed by atoms with Gasteiger partial charge in [-0.25, -0.2) is 9.59 Å². The van der Waals surface area contributed by atoms with Crippen LogP contribution in [0.3, 0.4) is 0 Å². The number of amides is 3. The van der Waals surface area contributed by atoms with Crippen LogP contribution >= 0.6 is 0 Å². The summed E-state index contributed by atoms with van der Waals surface area (Å²) < 4.78 is 11.2. The fourth-order valence-corrected chi connectivity index (χ4v) is 2.48. The van der Waals surface area contributed by atoms with Crippen molar-refractivity contribution in [1.82, 2.24) is 14.8 Å². The number of esters is 1. The Morgan fingerprint density at radius 2 is 2.08 bits per heavy atom. The minimum absolute atomic E-state index is 0.228. The van der Waals surface area contributed by atoms with Crippen LogP contribution in [-0.2, 0) is 20.9 Å². The van der Waals surface area contributed by atoms with E-state index in [0.29, 0.717) is 17.6 Å². The first-order valence-corrected chi connectivity index (χ1v) is 7.34. The molecule has 1 aromatic carbocycles. The lowest BCUT2D eigenvalue weighted by molar-refractivity contribution is -0.158. The van der Waals surface area contributed by atoms with Gasteiger partial charge in [0.2, 0.25) is 0 Å². The molecule has 1 N–H and O–H groups in total. The number of fused-ring (bicyclic) bond motifs is 1. The van der Waals surface area contributed by atoms with Crippen LogP contribution in [0.25, 0.3) is 11.1 Å². The van der Waals surface area contributed by atoms with Crippen LogP contribution in [0.2, 0.25) is 0 Å². The maximum absolute atomic E-state index is 12.1. The minimum atomic E-state index is -1.13. The molecule has 9 nitrogen and oxygen atoms in total. The smallest absolute Gasteiger partial charge is 0.420 e. The number of hydrogen-bond acceptors (Lipinski definition) is 6. The highest BCUT2D eigenvalue weighted by Crippen LogP contribution is 2.12. The predicted molar refractivity (Wildman–Crippen MR) is 81.1 cm³/mol. The first-order chi connectivity index (χ1) is 11.5. The Morgan fingerprint density at radius 1 is 1.33 bits per heavy atom. The highest BCUT2D eigenvalue weighted by molar-refractivity contribution is 5.98. The van der Waals surface area contributed by atoms with Crippen molar-refractivity contribution in [3.05, 3.63) is 34.8 Å². The Hall–Kier alpha value is -3.10. The van der Waals surface area contributed by atoms with Crippen LogP contribution in [0.5, 0.6) is 0 Å². The zero-order valence-corrected chi connectivity index (χ0v) is 12.9. The molecule has 1 aliphatic rings. The Morgan fingerprint density at radius 3 is 2.79 bits per heavy atom. The lowest BCUT2D eigenvalue weighted by atomic mass is 10.3. The van der Waals surface area contributed by atoms with Gasteiger partial charge in [-0.2, -0.15) is 0 Å². The van der Waals surface area contributed by atoms with Crippen molar-refractivity contribution in [2.45, 2.75) is 19.6 Å². The molecule has 1 aromatic heterocycles. The van der Waals surface area contributed by atoms with E-state index in [1.54, 1.807) is 24.3 Å². The fourth-order valence-electron chi connectivity index (χ4n) is 2.48. The number of carbonyl (C=O) groups excluding carboxylic acids is 3. The molecule has 0 aliphatic carbocycles. The molecule has 2 heterocycles. The van der Waals surface area contributed by atoms with E-state index in [0.717, 1.165) is 9.47 Å². The van der Waals surface area contributed by atoms with Gasteiger partial charge in [0, 0.05) is 13.1 Å². The summed E-state index contributed by atoms with van der Waals surface area (Å²) in [5.74, 6) is -2.07. The van der Waals surface area contributed by atoms with Crippen LogP contribution in [0.4, 0.5) is 4.79 Å². The standard InChI is InChI=1S/C15H15N3O6/c1-9(13(20)17-7-6-16-14(17)21)23-12(19)8-18-10-4-2-3-5-11(10)24-15(18)22/h2-5,9H,6-8H2,1H3,(H,16,21)/t9-/m1/s1. The summed E-state index contributed by atoms with van der Waals surface area (Å²) in [5.41, 5.74) is 0.811. The third kappa shape index (κ3) is 2.87. The lowest BCUT2D eigenvalue weighted by Gasteiger charge is -2.18. The van der Waals surface area contributed by atoms with Crippen molar-refractivity contribution < 1.29 is 23.5 Å². The summed E-state index contributed by atoms with van der Waals surface area (Å²) >= 11 is 0. The van der Waals surface area contributed by atoms with Crippen LogP contribution in [0.15, 0.2) is 33.5 Å². The van der Waals surface area contributed by atoms with Crippen LogP contribution in [0.1, 0.15) is 6.92 Å². The summed E-state index contributed by atoms with van der Waals surface area (Å²) in [6.07, 6.45) is -1.13. The number of carbonyl (C=O) groups is 3. The van der Waals surface area contributed by atoms with Gasteiger partial charge in [-0.05, 0) is 19.1 Å². The molecule has 1 fully saturated rings. The SMILES string of the molecule is C[C@@H](OC(=O)Cn1c(=O)oc2ccccc21)C(=O)N1CCNC1=O. The molecule has 9 heteroatoms. The van der Waals surface area contributed by atoms with Gasteiger partial charge in [-0.15, -0.1) is 0 Å². The molecule has 0 unspecified atom stereocenters. The van der Waals surface area contributed by atoms with E-state index in [1.165, 1.54) is 6.92 Å². The highest BCUT2D eigenvalue weighted by Gasteiger charge is 2.31. The summed E-state index contributed by atoms with van der Waals surface area (Å²) in [6.45, 7) is 1.58. The molecular weight excluding hydrogens is 318 g/mol. The monoisotopic (exact) mass is 333 g/mol. The highest BCUT2D eigenvalue weighted by atomic mass is 16.5. The number of urea groups is 1. The molecule has 0 radical (unpaired) electrons. The van der Waals surface area contributed by atoms with Gasteiger partial charge >= 0.3 is 17.8 Å². The van der Waals surface area contributed by atoms with E-state index in [1.807, 2.05) is 0 Å². The second-order valence-electron chi connectivity index (χ2n) is 5.28. The number of aromatic nitrogens is 1. The Kier molecular flexibility index (Phi) is 4.07. The number of ether oxygens (including phenoxy) is 1. The molecule has 126 valence electrons. The van der Waals surface area contributed by atoms with Crippen LogP contribution in [-0.4, -0.2) is 46.6 Å². The summed E-state index contributed by atoms with van der Waals surface area (Å²) in [5, 5.41) is 2.49. The van der Waals surface area contributed by atoms with Crippen molar-refractivity contribution in [3.8, 4) is 0 Å². The van der Waals surface area contributed by atoms with Gasteiger partial charge < -0.3 is 14.5 Å². The van der Waals surface area contributed by atoms with Gasteiger partial charge in [0.25, 0.3) is 5.91 Å². The molecule has 3 rings (SSSR count). The molecule has 1 atom stereocenters. The topological polar surface area (TPSA) is 111 Å². The van der Waals surface area contributed by atoms with Crippen LogP contribution in [0, 0.1) is 0 Å². The van der Waals surface area contributed by atoms with E-state index in [-0.39, 0.29) is 13.1 Å². The first-order valence-electron chi connectivity index (χ1n) is 7.34. The van der Waals surface area contributed by atoms with Gasteiger partial charge in [0.05, 0.1) is 5.52 Å². The van der Waals surface area contributed by atoms with E-state index < -0.39 is 29.8 Å². The molecule has 2 aromatic rings. The van der Waals surface area contributed by atoms with E-state index in [2.05, 4.69) is 5.32 Å². The lowest BCUT2D eigenvalue weighted by Crippen LogP contribution is -2.42. The molecule has 1 aliphatic heterocycles. The van der Waals surface area contributed by atoms with E-state index >= 15 is 0 Å². The number of hydrogen-bond donors (Lipinski definition) is 1. The Balaban J connectivity index is 1.69. The number of benzene rings is 1. The summed E-state index contributed by atoms with van der Waals surface area (Å²) in [4.78, 5) is 48.3. The van der Waals surface area contributed by atoms with Gasteiger partial charge in [0.15, 0.2) is 11.7 Å². The minimum Gasteiger partial charge on any atom is -0.451 e. The van der Waals surface area contributed by atoms with Crippen molar-refractivity contribution >= 4 is 29.0 Å². The third-order valence-electron chi connectivity index (χ3n) is 3.64. The van der Waals surface area contributed by atoms with E-state index in [9.17, 15) is 19.2 Å². The maximum Gasteiger partial charge on any atom is 0.420 e. The molecule has 3 amide bonds. The van der Waals surface area contributed by atoms with Gasteiger partial charge in [0.1, 0.15) is 6.54 Å². The normalized spacial score (nSPS) is 15.4. The number of nitrogens with one attached hydrogen (secondary N) is 1. The molecule has 0 saturated carbocycles. The van der Waals surface area contributed by atoms with Crippen molar-refractivity contribution in [2.75, 3.05) is 13.1 Å². The number of para-hydroxylation sites is 2. The number of rotatable bonds is 4. The van der Waals surface area contributed by atoms with Crippen LogP contribution < -0.4 is 11.1 Å². The molecule has 0 bridgehead atoms. The van der Waals surface area contributed by atoms with E-state index in [4.69, 9.17) is 9.15 Å². The first kappa shape index (κ1) is 15.8. The molecule has 0 spiro atoms. The number of nitrogens with zero attached hydrogens (tertiary/aromatic N) is 2. The summed E-state index contributed by atoms with van der Waals surface area (Å²) in [6, 6.07) is 6.14. The molecular formula is C15H15N3O6. The molecule has 1 saturated heterocycles. The average molecular weight is 333 g/mol. The van der Waals surface area contributed by atoms with Crippen molar-refractivity contribution in [1.29, 1.82) is 0 Å². The maximum atomic E-state index is 12.1. The molecule has 24 heavy (non-hydrogen) atoms. The van der Waals surface area contributed by atoms with Gasteiger partial charge in [-0.1, -0.05) is 12.1 Å². The Labute approximate surface area is 135 Å². The second-order valence-corrected chi connectivity index (χ2v) is 5.28. The fraction of sp³-hybridized carbons (Fsp3) is 0.333. The zero-order chi connectivity index (χ0) is 17.3. The zero-order valence-electron chi connectivity index (χ0n) is 12.9. The third-order valence-corrected chi connectivity index (χ3v) is 3.64.